The number of para-hydroxylation sites is 2. The van der Waals surface area contributed by atoms with E-state index < -0.39 is 10.4 Å². The molecular formula is C18H28N2O4S. The second-order valence-electron chi connectivity index (χ2n) is 7.10. The summed E-state index contributed by atoms with van der Waals surface area (Å²) in [5.41, 5.74) is 2.67. The van der Waals surface area contributed by atoms with Gasteiger partial charge in [0.2, 0.25) is 0 Å². The van der Waals surface area contributed by atoms with E-state index in [-0.39, 0.29) is 0 Å². The molecular weight excluding hydrogens is 340 g/mol. The van der Waals surface area contributed by atoms with Gasteiger partial charge < -0.3 is 9.11 Å². The van der Waals surface area contributed by atoms with Gasteiger partial charge in [0.05, 0.1) is 42.3 Å². The van der Waals surface area contributed by atoms with Crippen molar-refractivity contribution in [2.24, 2.45) is 0 Å². The fourth-order valence-electron chi connectivity index (χ4n) is 1.75. The summed E-state index contributed by atoms with van der Waals surface area (Å²) in [4.78, 5) is 0. The van der Waals surface area contributed by atoms with Crippen LogP contribution in [-0.2, 0) is 10.4 Å². The third-order valence-corrected chi connectivity index (χ3v) is 3.06. The lowest BCUT2D eigenvalue weighted by atomic mass is 10.3. The Bertz CT molecular complexity index is 647. The molecule has 0 aliphatic carbocycles. The average molecular weight is 368 g/mol. The predicted molar refractivity (Wildman–Crippen MR) is 102 cm³/mol. The minimum absolute atomic E-state index is 0.890. The van der Waals surface area contributed by atoms with E-state index in [1.54, 1.807) is 0 Å². The quantitative estimate of drug-likeness (QED) is 0.463. The Morgan fingerprint density at radius 3 is 0.920 bits per heavy atom. The molecule has 0 saturated carbocycles. The third kappa shape index (κ3) is 13.2. The molecule has 0 atom stereocenters. The Morgan fingerprint density at radius 2 is 0.800 bits per heavy atom. The van der Waals surface area contributed by atoms with Gasteiger partial charge in [0.25, 0.3) is 0 Å². The fraction of sp³-hybridized carbons (Fsp3) is 0.333. The van der Waals surface area contributed by atoms with E-state index in [1.807, 2.05) is 12.1 Å². The SMILES string of the molecule is C[N+](C)(C)c1ccccc1.C[N+](C)(C)c1ccccc1.O=S(=O)([O-])[O-]. The zero-order valence-corrected chi connectivity index (χ0v) is 16.5. The smallest absolute Gasteiger partial charge is 0.132 e. The van der Waals surface area contributed by atoms with Crippen LogP contribution in [0.5, 0.6) is 0 Å². The van der Waals surface area contributed by atoms with Crippen molar-refractivity contribution in [3.8, 4) is 0 Å². The van der Waals surface area contributed by atoms with Crippen molar-refractivity contribution >= 4 is 21.8 Å². The molecule has 0 aliphatic heterocycles. The highest BCUT2D eigenvalue weighted by Crippen LogP contribution is 2.14. The van der Waals surface area contributed by atoms with Crippen molar-refractivity contribution < 1.29 is 17.5 Å². The van der Waals surface area contributed by atoms with Crippen molar-refractivity contribution in [1.82, 2.24) is 8.97 Å². The topological polar surface area (TPSA) is 80.3 Å². The Morgan fingerprint density at radius 1 is 0.600 bits per heavy atom. The molecule has 2 aromatic carbocycles. The van der Waals surface area contributed by atoms with Crippen molar-refractivity contribution in [2.75, 3.05) is 42.3 Å². The molecule has 0 aromatic heterocycles. The molecule has 0 radical (unpaired) electrons. The van der Waals surface area contributed by atoms with Crippen LogP contribution in [-0.4, -0.2) is 59.8 Å². The van der Waals surface area contributed by atoms with E-state index in [0.717, 1.165) is 8.97 Å². The number of nitrogens with zero attached hydrogens (tertiary/aromatic N) is 2. The molecule has 6 nitrogen and oxygen atoms in total. The van der Waals surface area contributed by atoms with Gasteiger partial charge in [-0.25, -0.2) is 0 Å². The van der Waals surface area contributed by atoms with Crippen LogP contribution in [0.3, 0.4) is 0 Å². The van der Waals surface area contributed by atoms with Gasteiger partial charge in [-0.3, -0.25) is 17.4 Å². The number of rotatable bonds is 2. The Balaban J connectivity index is 0.000000368. The van der Waals surface area contributed by atoms with Gasteiger partial charge in [0.15, 0.2) is 0 Å². The Hall–Kier alpha value is -1.77. The van der Waals surface area contributed by atoms with Crippen molar-refractivity contribution in [3.05, 3.63) is 60.7 Å². The maximum absolute atomic E-state index is 8.52. The van der Waals surface area contributed by atoms with Gasteiger partial charge in [0, 0.05) is 10.4 Å². The van der Waals surface area contributed by atoms with E-state index in [2.05, 4.69) is 90.8 Å². The summed E-state index contributed by atoms with van der Waals surface area (Å²) < 4.78 is 35.9. The molecule has 0 bridgehead atoms. The van der Waals surface area contributed by atoms with Crippen molar-refractivity contribution in [3.63, 3.8) is 0 Å². The monoisotopic (exact) mass is 368 g/mol. The van der Waals surface area contributed by atoms with Crippen LogP contribution in [0.4, 0.5) is 11.4 Å². The van der Waals surface area contributed by atoms with Gasteiger partial charge in [-0.15, -0.1) is 0 Å². The number of benzene rings is 2. The largest absolute Gasteiger partial charge is 0.759 e. The minimum atomic E-state index is -5.17. The second kappa shape index (κ2) is 9.65. The van der Waals surface area contributed by atoms with Gasteiger partial charge in [-0.1, -0.05) is 36.4 Å². The Labute approximate surface area is 151 Å². The molecule has 7 heteroatoms. The number of quaternary nitrogens is 2. The number of hydrogen-bond acceptors (Lipinski definition) is 4. The van der Waals surface area contributed by atoms with Crippen LogP contribution < -0.4 is 8.97 Å². The van der Waals surface area contributed by atoms with Crippen LogP contribution in [0, 0.1) is 0 Å². The molecule has 2 aromatic rings. The molecule has 0 spiro atoms. The van der Waals surface area contributed by atoms with Gasteiger partial charge in [0.1, 0.15) is 11.4 Å². The van der Waals surface area contributed by atoms with E-state index in [1.165, 1.54) is 11.4 Å². The van der Waals surface area contributed by atoms with Crippen LogP contribution in [0.25, 0.3) is 0 Å². The summed E-state index contributed by atoms with van der Waals surface area (Å²) in [5, 5.41) is 0. The zero-order valence-electron chi connectivity index (χ0n) is 15.7. The average Bonchev–Trinajstić information content (AvgIpc) is 2.46. The highest BCUT2D eigenvalue weighted by Gasteiger charge is 2.09. The van der Waals surface area contributed by atoms with Crippen molar-refractivity contribution in [2.45, 2.75) is 0 Å². The molecule has 0 amide bonds. The lowest BCUT2D eigenvalue weighted by Crippen LogP contribution is -2.34. The number of hydrogen-bond donors (Lipinski definition) is 0. The Kier molecular flexibility index (Phi) is 8.96. The molecule has 0 unspecified atom stereocenters. The first-order chi connectivity index (χ1) is 11.2. The second-order valence-corrected chi connectivity index (χ2v) is 7.92. The van der Waals surface area contributed by atoms with Crippen LogP contribution in [0.1, 0.15) is 0 Å². The molecule has 0 fully saturated rings. The van der Waals surface area contributed by atoms with Gasteiger partial charge in [-0.05, 0) is 24.3 Å². The van der Waals surface area contributed by atoms with Crippen LogP contribution >= 0.6 is 0 Å². The van der Waals surface area contributed by atoms with Crippen LogP contribution in [0.15, 0.2) is 60.7 Å². The summed E-state index contributed by atoms with van der Waals surface area (Å²) in [7, 11) is 7.81. The molecule has 0 saturated heterocycles. The first-order valence-electron chi connectivity index (χ1n) is 7.62. The zero-order chi connectivity index (χ0) is 19.7. The predicted octanol–water partition coefficient (Wildman–Crippen LogP) is 2.43. The molecule has 0 heterocycles. The highest BCUT2D eigenvalue weighted by atomic mass is 32.3. The summed E-state index contributed by atoms with van der Waals surface area (Å²) in [5.74, 6) is 0. The molecule has 0 N–H and O–H groups in total. The third-order valence-electron chi connectivity index (χ3n) is 3.06. The first-order valence-corrected chi connectivity index (χ1v) is 8.95. The normalized spacial score (nSPS) is 11.5. The van der Waals surface area contributed by atoms with Crippen molar-refractivity contribution in [1.29, 1.82) is 0 Å². The van der Waals surface area contributed by atoms with E-state index in [0.29, 0.717) is 0 Å². The van der Waals surface area contributed by atoms with Crippen LogP contribution in [0.2, 0.25) is 0 Å². The lowest BCUT2D eigenvalue weighted by molar-refractivity contribution is 0.352. The van der Waals surface area contributed by atoms with Gasteiger partial charge >= 0.3 is 0 Å². The summed E-state index contributed by atoms with van der Waals surface area (Å²) in [6.07, 6.45) is 0. The molecule has 140 valence electrons. The maximum Gasteiger partial charge on any atom is 0.132 e. The maximum atomic E-state index is 8.52. The summed E-state index contributed by atoms with van der Waals surface area (Å²) >= 11 is 0. The standard InChI is InChI=1S/2C9H14N.H2O4S/c2*1-10(2,3)9-7-5-4-6-8-9;1-5(2,3)4/h2*4-8H,1-3H3;(H2,1,2,3,4)/q2*+1;/p-2. The summed E-state index contributed by atoms with van der Waals surface area (Å²) in [6, 6.07) is 20.9. The van der Waals surface area contributed by atoms with E-state index >= 15 is 0 Å². The van der Waals surface area contributed by atoms with Gasteiger partial charge in [-0.2, -0.15) is 0 Å². The molecule has 0 aliphatic rings. The molecule has 25 heavy (non-hydrogen) atoms. The molecule has 2 rings (SSSR count). The minimum Gasteiger partial charge on any atom is -0.759 e. The summed E-state index contributed by atoms with van der Waals surface area (Å²) in [6.45, 7) is 0. The van der Waals surface area contributed by atoms with E-state index in [4.69, 9.17) is 17.5 Å². The highest BCUT2D eigenvalue weighted by molar-refractivity contribution is 7.79. The van der Waals surface area contributed by atoms with E-state index in [9.17, 15) is 0 Å². The first kappa shape index (κ1) is 23.2. The fourth-order valence-corrected chi connectivity index (χ4v) is 1.75. The lowest BCUT2D eigenvalue weighted by Gasteiger charge is -2.22.